The number of amides is 2. The SMILES string of the molecule is COc1ccc(CNC(=O)C(C)N2CCN(C(=O)c3ccc(C)o3)CC2)cc1OC. The molecule has 0 spiro atoms. The maximum Gasteiger partial charge on any atom is 0.289 e. The van der Waals surface area contributed by atoms with E-state index in [1.54, 1.807) is 31.3 Å². The summed E-state index contributed by atoms with van der Waals surface area (Å²) in [5, 5.41) is 2.97. The van der Waals surface area contributed by atoms with Crippen molar-refractivity contribution in [3.05, 3.63) is 47.4 Å². The molecule has 0 bridgehead atoms. The van der Waals surface area contributed by atoms with Gasteiger partial charge in [-0.05, 0) is 43.7 Å². The highest BCUT2D eigenvalue weighted by Gasteiger charge is 2.28. The molecule has 2 heterocycles. The standard InChI is InChI=1S/C22H29N3O5/c1-15-5-7-19(30-15)22(27)25-11-9-24(10-12-25)16(2)21(26)23-14-17-6-8-18(28-3)20(13-17)29-4/h5-8,13,16H,9-12,14H2,1-4H3,(H,23,26). The Morgan fingerprint density at radius 2 is 1.77 bits per heavy atom. The second-order valence-corrected chi connectivity index (χ2v) is 7.32. The minimum atomic E-state index is -0.284. The Balaban J connectivity index is 1.49. The molecular weight excluding hydrogens is 386 g/mol. The molecule has 1 aromatic carbocycles. The highest BCUT2D eigenvalue weighted by atomic mass is 16.5. The van der Waals surface area contributed by atoms with Crippen LogP contribution < -0.4 is 14.8 Å². The highest BCUT2D eigenvalue weighted by Crippen LogP contribution is 2.27. The van der Waals surface area contributed by atoms with Crippen molar-refractivity contribution >= 4 is 11.8 Å². The number of aryl methyl sites for hydroxylation is 1. The Kier molecular flexibility index (Phi) is 6.99. The molecule has 1 aliphatic rings. The highest BCUT2D eigenvalue weighted by molar-refractivity contribution is 5.91. The fraction of sp³-hybridized carbons (Fsp3) is 0.455. The van der Waals surface area contributed by atoms with E-state index in [0.29, 0.717) is 50.0 Å². The fourth-order valence-corrected chi connectivity index (χ4v) is 3.51. The molecule has 1 unspecified atom stereocenters. The number of carbonyl (C=O) groups is 2. The van der Waals surface area contributed by atoms with E-state index in [1.807, 2.05) is 32.0 Å². The van der Waals surface area contributed by atoms with Gasteiger partial charge in [0.05, 0.1) is 20.3 Å². The number of hydrogen-bond donors (Lipinski definition) is 1. The van der Waals surface area contributed by atoms with Crippen molar-refractivity contribution in [1.29, 1.82) is 0 Å². The Labute approximate surface area is 176 Å². The summed E-state index contributed by atoms with van der Waals surface area (Å²) in [6, 6.07) is 8.77. The van der Waals surface area contributed by atoms with Crippen LogP contribution in [0.4, 0.5) is 0 Å². The average Bonchev–Trinajstić information content (AvgIpc) is 3.22. The zero-order chi connectivity index (χ0) is 21.7. The quantitative estimate of drug-likeness (QED) is 0.745. The van der Waals surface area contributed by atoms with Gasteiger partial charge < -0.3 is 24.1 Å². The van der Waals surface area contributed by atoms with E-state index in [-0.39, 0.29) is 17.9 Å². The first kappa shape index (κ1) is 21.7. The molecular formula is C22H29N3O5. The van der Waals surface area contributed by atoms with Gasteiger partial charge in [-0.2, -0.15) is 0 Å². The molecule has 30 heavy (non-hydrogen) atoms. The molecule has 1 atom stereocenters. The van der Waals surface area contributed by atoms with E-state index in [2.05, 4.69) is 10.2 Å². The van der Waals surface area contributed by atoms with Gasteiger partial charge in [-0.1, -0.05) is 6.07 Å². The second-order valence-electron chi connectivity index (χ2n) is 7.32. The van der Waals surface area contributed by atoms with Gasteiger partial charge in [0.15, 0.2) is 17.3 Å². The number of carbonyl (C=O) groups excluding carboxylic acids is 2. The Bertz CT molecular complexity index is 887. The van der Waals surface area contributed by atoms with E-state index in [1.165, 1.54) is 0 Å². The van der Waals surface area contributed by atoms with Crippen LogP contribution in [0.15, 0.2) is 34.7 Å². The number of nitrogens with zero attached hydrogens (tertiary/aromatic N) is 2. The summed E-state index contributed by atoms with van der Waals surface area (Å²) >= 11 is 0. The van der Waals surface area contributed by atoms with Gasteiger partial charge >= 0.3 is 0 Å². The molecule has 1 N–H and O–H groups in total. The van der Waals surface area contributed by atoms with E-state index in [4.69, 9.17) is 13.9 Å². The maximum atomic E-state index is 12.6. The zero-order valence-electron chi connectivity index (χ0n) is 17.9. The number of methoxy groups -OCH3 is 2. The average molecular weight is 415 g/mol. The molecule has 0 aliphatic carbocycles. The predicted octanol–water partition coefficient (Wildman–Crippen LogP) is 2.07. The van der Waals surface area contributed by atoms with E-state index in [0.717, 1.165) is 11.3 Å². The minimum absolute atomic E-state index is 0.0498. The summed E-state index contributed by atoms with van der Waals surface area (Å²) in [4.78, 5) is 29.0. The Morgan fingerprint density at radius 3 is 2.37 bits per heavy atom. The van der Waals surface area contributed by atoms with Crippen LogP contribution >= 0.6 is 0 Å². The van der Waals surface area contributed by atoms with Crippen LogP contribution in [0, 0.1) is 6.92 Å². The van der Waals surface area contributed by atoms with Crippen molar-refractivity contribution in [3.8, 4) is 11.5 Å². The number of benzene rings is 1. The van der Waals surface area contributed by atoms with Gasteiger partial charge in [-0.3, -0.25) is 14.5 Å². The molecule has 3 rings (SSSR count). The van der Waals surface area contributed by atoms with Crippen LogP contribution in [0.3, 0.4) is 0 Å². The van der Waals surface area contributed by atoms with Crippen molar-refractivity contribution in [3.63, 3.8) is 0 Å². The van der Waals surface area contributed by atoms with Crippen LogP contribution in [0.2, 0.25) is 0 Å². The third-order valence-electron chi connectivity index (χ3n) is 5.39. The number of furan rings is 1. The van der Waals surface area contributed by atoms with Gasteiger partial charge in [-0.25, -0.2) is 0 Å². The van der Waals surface area contributed by atoms with Crippen LogP contribution in [0.1, 0.15) is 28.8 Å². The molecule has 2 aromatic rings. The summed E-state index contributed by atoms with van der Waals surface area (Å²) < 4.78 is 16.0. The monoisotopic (exact) mass is 415 g/mol. The maximum absolute atomic E-state index is 12.6. The topological polar surface area (TPSA) is 84.3 Å². The summed E-state index contributed by atoms with van der Waals surface area (Å²) in [6.07, 6.45) is 0. The molecule has 1 aromatic heterocycles. The van der Waals surface area contributed by atoms with Crippen LogP contribution in [-0.2, 0) is 11.3 Å². The van der Waals surface area contributed by atoms with E-state index >= 15 is 0 Å². The molecule has 8 heteroatoms. The first-order valence-corrected chi connectivity index (χ1v) is 10.0. The van der Waals surface area contributed by atoms with Crippen molar-refractivity contribution in [2.75, 3.05) is 40.4 Å². The number of hydrogen-bond acceptors (Lipinski definition) is 6. The van der Waals surface area contributed by atoms with Gasteiger partial charge in [0.1, 0.15) is 5.76 Å². The third kappa shape index (κ3) is 4.94. The summed E-state index contributed by atoms with van der Waals surface area (Å²) in [5.41, 5.74) is 0.928. The zero-order valence-corrected chi connectivity index (χ0v) is 17.9. The summed E-state index contributed by atoms with van der Waals surface area (Å²) in [5.74, 6) is 2.21. The minimum Gasteiger partial charge on any atom is -0.493 e. The molecule has 1 aliphatic heterocycles. The molecule has 8 nitrogen and oxygen atoms in total. The number of ether oxygens (including phenoxy) is 2. The van der Waals surface area contributed by atoms with Gasteiger partial charge in [-0.15, -0.1) is 0 Å². The van der Waals surface area contributed by atoms with Crippen molar-refractivity contribution in [2.45, 2.75) is 26.4 Å². The first-order valence-electron chi connectivity index (χ1n) is 10.0. The van der Waals surface area contributed by atoms with Gasteiger partial charge in [0, 0.05) is 32.7 Å². The normalized spacial score (nSPS) is 15.5. The molecule has 0 saturated carbocycles. The van der Waals surface area contributed by atoms with Crippen LogP contribution in [-0.4, -0.2) is 68.1 Å². The lowest BCUT2D eigenvalue weighted by molar-refractivity contribution is -0.126. The summed E-state index contributed by atoms with van der Waals surface area (Å²) in [7, 11) is 3.17. The van der Waals surface area contributed by atoms with E-state index in [9.17, 15) is 9.59 Å². The lowest BCUT2D eigenvalue weighted by atomic mass is 10.1. The fourth-order valence-electron chi connectivity index (χ4n) is 3.51. The molecule has 162 valence electrons. The van der Waals surface area contributed by atoms with Crippen LogP contribution in [0.25, 0.3) is 0 Å². The smallest absolute Gasteiger partial charge is 0.289 e. The third-order valence-corrected chi connectivity index (χ3v) is 5.39. The summed E-state index contributed by atoms with van der Waals surface area (Å²) in [6.45, 7) is 6.50. The molecule has 0 radical (unpaired) electrons. The largest absolute Gasteiger partial charge is 0.493 e. The van der Waals surface area contributed by atoms with Crippen molar-refractivity contribution in [1.82, 2.24) is 15.1 Å². The first-order chi connectivity index (χ1) is 14.4. The lowest BCUT2D eigenvalue weighted by Crippen LogP contribution is -2.54. The van der Waals surface area contributed by atoms with E-state index < -0.39 is 0 Å². The van der Waals surface area contributed by atoms with Crippen molar-refractivity contribution in [2.24, 2.45) is 0 Å². The Morgan fingerprint density at radius 1 is 1.07 bits per heavy atom. The second kappa shape index (κ2) is 9.67. The van der Waals surface area contributed by atoms with Gasteiger partial charge in [0.2, 0.25) is 5.91 Å². The number of piperazine rings is 1. The Hall–Kier alpha value is -3.00. The number of rotatable bonds is 7. The van der Waals surface area contributed by atoms with Crippen molar-refractivity contribution < 1.29 is 23.5 Å². The molecule has 1 saturated heterocycles. The van der Waals surface area contributed by atoms with Crippen LogP contribution in [0.5, 0.6) is 11.5 Å². The number of nitrogens with one attached hydrogen (secondary N) is 1. The molecule has 2 amide bonds. The lowest BCUT2D eigenvalue weighted by Gasteiger charge is -2.37. The van der Waals surface area contributed by atoms with Gasteiger partial charge in [0.25, 0.3) is 5.91 Å². The molecule has 1 fully saturated rings. The predicted molar refractivity (Wildman–Crippen MR) is 112 cm³/mol.